The first-order chi connectivity index (χ1) is 22.6. The van der Waals surface area contributed by atoms with Crippen LogP contribution in [0.5, 0.6) is 5.75 Å². The minimum atomic E-state index is -6.49. The van der Waals surface area contributed by atoms with E-state index < -0.39 is 63.5 Å². The fraction of sp³-hybridized carbons (Fsp3) is 0.457. The number of alkyl halides is 6. The molecular weight excluding hydrogens is 662 g/mol. The highest BCUT2D eigenvalue weighted by molar-refractivity contribution is 7.85. The second-order valence-electron chi connectivity index (χ2n) is 12.4. The van der Waals surface area contributed by atoms with Crippen LogP contribution in [0.25, 0.3) is 0 Å². The molecule has 0 aliphatic heterocycles. The van der Waals surface area contributed by atoms with E-state index in [2.05, 4.69) is 11.7 Å². The zero-order valence-corrected chi connectivity index (χ0v) is 26.8. The molecule has 0 radical (unpaired) electrons. The van der Waals surface area contributed by atoms with Gasteiger partial charge >= 0.3 is 23.9 Å². The third-order valence-corrected chi connectivity index (χ3v) is 10.1. The number of carbonyl (C=O) groups excluding carboxylic acids is 1. The van der Waals surface area contributed by atoms with Gasteiger partial charge in [-0.05, 0) is 40.3 Å². The Balaban J connectivity index is 1.63. The Labute approximate surface area is 275 Å². The summed E-state index contributed by atoms with van der Waals surface area (Å²) in [6.45, 7) is 2.40. The molecule has 0 saturated heterocycles. The Hall–Kier alpha value is -3.58. The number of ether oxygens (including phenoxy) is 2. The molecule has 2 atom stereocenters. The van der Waals surface area contributed by atoms with Crippen molar-refractivity contribution in [3.05, 3.63) is 101 Å². The second kappa shape index (κ2) is 13.7. The van der Waals surface area contributed by atoms with Crippen molar-refractivity contribution in [1.29, 1.82) is 0 Å². The first-order valence-corrected chi connectivity index (χ1v) is 17.4. The van der Waals surface area contributed by atoms with E-state index in [1.807, 2.05) is 0 Å². The molecule has 0 aromatic heterocycles. The second-order valence-corrected chi connectivity index (χ2v) is 13.8. The maximum Gasteiger partial charge on any atom is 0.438 e. The van der Waals surface area contributed by atoms with E-state index in [4.69, 9.17) is 4.74 Å². The van der Waals surface area contributed by atoms with Gasteiger partial charge in [-0.25, -0.2) is 8.42 Å². The number of fused-ring (bicyclic) bond motifs is 1. The van der Waals surface area contributed by atoms with Crippen LogP contribution >= 0.6 is 0 Å². The molecule has 3 aromatic carbocycles. The fourth-order valence-corrected chi connectivity index (χ4v) is 8.13. The maximum atomic E-state index is 14.3. The highest BCUT2D eigenvalue weighted by atomic mass is 32.2. The number of esters is 1. The van der Waals surface area contributed by atoms with E-state index in [-0.39, 0.29) is 0 Å². The number of benzene rings is 3. The topological polar surface area (TPSA) is 92.7 Å². The molecule has 13 heteroatoms. The first-order valence-electron chi connectivity index (χ1n) is 15.8. The summed E-state index contributed by atoms with van der Waals surface area (Å²) in [4.78, 5) is 14.1. The molecule has 3 aliphatic rings. The highest BCUT2D eigenvalue weighted by Crippen LogP contribution is 2.63. The van der Waals surface area contributed by atoms with Crippen molar-refractivity contribution in [2.75, 3.05) is 12.4 Å². The van der Waals surface area contributed by atoms with Gasteiger partial charge in [-0.3, -0.25) is 4.79 Å². The molecule has 0 amide bonds. The molecular formula is C35H35F6O6S-. The van der Waals surface area contributed by atoms with E-state index in [9.17, 15) is 44.1 Å². The number of para-hydroxylation sites is 1. The van der Waals surface area contributed by atoms with Crippen LogP contribution in [0.4, 0.5) is 26.3 Å². The average molecular weight is 698 g/mol. The lowest BCUT2D eigenvalue weighted by Gasteiger charge is -2.50. The van der Waals surface area contributed by atoms with Crippen molar-refractivity contribution in [3.63, 3.8) is 0 Å². The average Bonchev–Trinajstić information content (AvgIpc) is 3.02. The van der Waals surface area contributed by atoms with Crippen LogP contribution in [0.15, 0.2) is 72.8 Å². The van der Waals surface area contributed by atoms with Crippen molar-refractivity contribution in [3.8, 4) is 5.75 Å². The predicted molar refractivity (Wildman–Crippen MR) is 164 cm³/mol. The summed E-state index contributed by atoms with van der Waals surface area (Å²) in [6.07, 6.45) is -7.11. The fourth-order valence-electron chi connectivity index (χ4n) is 7.24. The number of carbonyl (C=O) groups is 1. The minimum Gasteiger partial charge on any atom is -0.748 e. The summed E-state index contributed by atoms with van der Waals surface area (Å²) in [5.41, 5.74) is -2.70. The van der Waals surface area contributed by atoms with Gasteiger partial charge < -0.3 is 14.0 Å². The monoisotopic (exact) mass is 697 g/mol. The normalized spacial score (nSPS) is 20.6. The van der Waals surface area contributed by atoms with Crippen LogP contribution < -0.4 is 4.74 Å². The highest BCUT2D eigenvalue weighted by Gasteiger charge is 2.75. The molecule has 0 N–H and O–H groups in total. The molecule has 0 spiro atoms. The Kier molecular flexibility index (Phi) is 10.2. The van der Waals surface area contributed by atoms with Crippen LogP contribution in [0, 0.1) is 5.92 Å². The van der Waals surface area contributed by atoms with Crippen molar-refractivity contribution in [1.82, 2.24) is 0 Å². The van der Waals surface area contributed by atoms with Crippen molar-refractivity contribution in [2.24, 2.45) is 5.92 Å². The largest absolute Gasteiger partial charge is 0.748 e. The van der Waals surface area contributed by atoms with Crippen LogP contribution in [-0.4, -0.2) is 49.3 Å². The lowest BCUT2D eigenvalue weighted by Crippen LogP contribution is -2.64. The molecule has 3 aromatic rings. The maximum absolute atomic E-state index is 14.3. The summed E-state index contributed by atoms with van der Waals surface area (Å²) in [6, 6.07) is 20.3. The van der Waals surface area contributed by atoms with Crippen molar-refractivity contribution >= 4 is 16.1 Å². The first kappa shape index (κ1) is 35.7. The molecule has 2 unspecified atom stereocenters. The Morgan fingerprint density at radius 2 is 1.17 bits per heavy atom. The number of hydrogen-bond donors (Lipinski definition) is 0. The smallest absolute Gasteiger partial charge is 0.438 e. The van der Waals surface area contributed by atoms with Gasteiger partial charge in [0.05, 0.1) is 28.4 Å². The lowest BCUT2D eigenvalue weighted by atomic mass is 9.52. The van der Waals surface area contributed by atoms with Gasteiger partial charge in [0.25, 0.3) is 0 Å². The summed E-state index contributed by atoms with van der Waals surface area (Å²) in [5.74, 6) is -9.20. The molecule has 0 heterocycles. The molecule has 2 bridgehead atoms. The molecule has 0 saturated carbocycles. The van der Waals surface area contributed by atoms with Crippen LogP contribution in [0.2, 0.25) is 0 Å². The van der Waals surface area contributed by atoms with E-state index in [0.717, 1.165) is 43.2 Å². The molecule has 6 rings (SSSR count). The van der Waals surface area contributed by atoms with Crippen molar-refractivity contribution < 1.29 is 53.6 Å². The Bertz CT molecular complexity index is 1660. The predicted octanol–water partition coefficient (Wildman–Crippen LogP) is 8.37. The van der Waals surface area contributed by atoms with Gasteiger partial charge in [0.2, 0.25) is 0 Å². The van der Waals surface area contributed by atoms with Crippen molar-refractivity contribution in [2.45, 2.75) is 81.2 Å². The van der Waals surface area contributed by atoms with E-state index in [1.165, 1.54) is 0 Å². The van der Waals surface area contributed by atoms with Crippen LogP contribution in [0.1, 0.15) is 91.0 Å². The zero-order chi connectivity index (χ0) is 34.9. The van der Waals surface area contributed by atoms with Gasteiger partial charge in [0, 0.05) is 17.8 Å². The van der Waals surface area contributed by atoms with E-state index in [1.54, 1.807) is 72.8 Å². The summed E-state index contributed by atoms with van der Waals surface area (Å²) in [7, 11) is -6.21. The number of unbranched alkanes of at least 4 members (excludes halogenated alkanes) is 5. The minimum absolute atomic E-state index is 0.291. The van der Waals surface area contributed by atoms with Crippen LogP contribution in [0.3, 0.4) is 0 Å². The van der Waals surface area contributed by atoms with E-state index in [0.29, 0.717) is 35.5 Å². The molecule has 0 fully saturated rings. The number of hydrogen-bond acceptors (Lipinski definition) is 6. The van der Waals surface area contributed by atoms with Gasteiger partial charge in [-0.1, -0.05) is 106 Å². The van der Waals surface area contributed by atoms with E-state index >= 15 is 0 Å². The van der Waals surface area contributed by atoms with Crippen LogP contribution in [-0.2, 0) is 19.6 Å². The molecule has 6 nitrogen and oxygen atoms in total. The molecule has 48 heavy (non-hydrogen) atoms. The quantitative estimate of drug-likeness (QED) is 0.0772. The SMILES string of the molecule is CCCCCCCCOc1ccccc1C1C2c3ccccc3C(c3ccccc32)C1C(=O)OC(CS(=O)(=O)[O-])(C(F)(F)F)C(F)(F)F. The summed E-state index contributed by atoms with van der Waals surface area (Å²) >= 11 is 0. The van der Waals surface area contributed by atoms with Gasteiger partial charge in [-0.2, -0.15) is 26.3 Å². The lowest BCUT2D eigenvalue weighted by molar-refractivity contribution is -0.362. The summed E-state index contributed by atoms with van der Waals surface area (Å²) < 4.78 is 131. The Morgan fingerprint density at radius 3 is 1.67 bits per heavy atom. The number of rotatable bonds is 13. The molecule has 260 valence electrons. The summed E-state index contributed by atoms with van der Waals surface area (Å²) in [5, 5.41) is 0. The van der Waals surface area contributed by atoms with Gasteiger partial charge in [0.15, 0.2) is 0 Å². The number of halogens is 6. The molecule has 3 aliphatic carbocycles. The van der Waals surface area contributed by atoms with Gasteiger partial charge in [-0.15, -0.1) is 0 Å². The zero-order valence-electron chi connectivity index (χ0n) is 26.0. The third-order valence-electron chi connectivity index (χ3n) is 9.31. The standard InChI is InChI=1S/C35H36F6O6S/c1-2-3-4-5-6-13-20-46-27-19-12-11-18-26(27)30-28-22-14-7-9-16-24(22)29(25-17-10-8-15-23(25)28)31(30)32(42)47-33(34(36,37)38,35(39,40)41)21-48(43,44)45/h7-12,14-19,28-31H,2-6,13,20-21H2,1H3,(H,43,44,45)/p-1. The third kappa shape index (κ3) is 6.80. The Morgan fingerprint density at radius 1 is 0.708 bits per heavy atom. The van der Waals surface area contributed by atoms with Gasteiger partial charge in [0.1, 0.15) is 5.75 Å².